The van der Waals surface area contributed by atoms with E-state index in [4.69, 9.17) is 18.9 Å². The number of methoxy groups -OCH3 is 1. The Morgan fingerprint density at radius 2 is 1.79 bits per heavy atom. The first-order valence-electron chi connectivity index (χ1n) is 11.5. The van der Waals surface area contributed by atoms with Crippen LogP contribution in [0.2, 0.25) is 0 Å². The molecule has 184 valence electrons. The maximum atomic E-state index is 12.0. The summed E-state index contributed by atoms with van der Waals surface area (Å²) < 4.78 is 23.2. The molecule has 34 heavy (non-hydrogen) atoms. The predicted molar refractivity (Wildman–Crippen MR) is 135 cm³/mol. The van der Waals surface area contributed by atoms with Gasteiger partial charge in [-0.15, -0.1) is 0 Å². The highest BCUT2D eigenvalue weighted by molar-refractivity contribution is 9.10. The quantitative estimate of drug-likeness (QED) is 0.230. The summed E-state index contributed by atoms with van der Waals surface area (Å²) >= 11 is 3.52. The Labute approximate surface area is 209 Å². The standard InChI is InChI=1S/C25H32BrN3O5/c1-31-23-17-19(18-27-29-25(30)28-20-8-4-2-5-9-20)16-22(26)24(23)34-15-13-32-12-14-33-21-10-6-3-7-11-21/h3,6-7,10-11,16-18,20H,2,4-5,8-9,12-15H2,1H3,(H2,28,29,30)/b27-18-. The van der Waals surface area contributed by atoms with Crippen LogP contribution in [0, 0.1) is 0 Å². The van der Waals surface area contributed by atoms with Crippen molar-refractivity contribution in [2.75, 3.05) is 33.5 Å². The van der Waals surface area contributed by atoms with E-state index in [9.17, 15) is 4.79 Å². The maximum Gasteiger partial charge on any atom is 0.335 e. The van der Waals surface area contributed by atoms with E-state index in [1.807, 2.05) is 36.4 Å². The smallest absolute Gasteiger partial charge is 0.335 e. The Morgan fingerprint density at radius 1 is 1.06 bits per heavy atom. The van der Waals surface area contributed by atoms with Gasteiger partial charge in [0.05, 0.1) is 31.0 Å². The second-order valence-electron chi connectivity index (χ2n) is 7.83. The number of para-hydroxylation sites is 1. The zero-order chi connectivity index (χ0) is 24.0. The molecular weight excluding hydrogens is 502 g/mol. The number of nitrogens with one attached hydrogen (secondary N) is 2. The van der Waals surface area contributed by atoms with Gasteiger partial charge < -0.3 is 24.3 Å². The SMILES string of the molecule is COc1cc(/C=N\NC(=O)NC2CCCCC2)cc(Br)c1OCCOCCOc1ccccc1. The number of ether oxygens (including phenoxy) is 4. The average Bonchev–Trinajstić information content (AvgIpc) is 2.85. The van der Waals surface area contributed by atoms with Gasteiger partial charge >= 0.3 is 6.03 Å². The predicted octanol–water partition coefficient (Wildman–Crippen LogP) is 4.90. The summed E-state index contributed by atoms with van der Waals surface area (Å²) in [6.45, 7) is 1.71. The average molecular weight is 534 g/mol. The third-order valence-electron chi connectivity index (χ3n) is 5.29. The lowest BCUT2D eigenvalue weighted by molar-refractivity contribution is 0.0755. The summed E-state index contributed by atoms with van der Waals surface area (Å²) in [7, 11) is 1.57. The number of nitrogens with zero attached hydrogens (tertiary/aromatic N) is 1. The van der Waals surface area contributed by atoms with Gasteiger partial charge in [-0.3, -0.25) is 0 Å². The molecule has 2 N–H and O–H groups in total. The minimum atomic E-state index is -0.289. The molecule has 0 bridgehead atoms. The van der Waals surface area contributed by atoms with Crippen molar-refractivity contribution < 1.29 is 23.7 Å². The monoisotopic (exact) mass is 533 g/mol. The molecule has 2 aromatic carbocycles. The number of carbonyl (C=O) groups is 1. The Hall–Kier alpha value is -2.78. The van der Waals surface area contributed by atoms with E-state index in [0.29, 0.717) is 42.4 Å². The van der Waals surface area contributed by atoms with Crippen LogP contribution in [0.5, 0.6) is 17.2 Å². The van der Waals surface area contributed by atoms with Gasteiger partial charge in [0.1, 0.15) is 19.0 Å². The number of rotatable bonds is 12. The summed E-state index contributed by atoms with van der Waals surface area (Å²) in [4.78, 5) is 12.0. The fraction of sp³-hybridized carbons (Fsp3) is 0.440. The largest absolute Gasteiger partial charge is 0.493 e. The molecule has 0 spiro atoms. The lowest BCUT2D eigenvalue weighted by atomic mass is 9.96. The minimum absolute atomic E-state index is 0.231. The van der Waals surface area contributed by atoms with Crippen molar-refractivity contribution >= 4 is 28.2 Å². The maximum absolute atomic E-state index is 12.0. The van der Waals surface area contributed by atoms with Crippen LogP contribution in [0.3, 0.4) is 0 Å². The van der Waals surface area contributed by atoms with Crippen LogP contribution in [-0.2, 0) is 4.74 Å². The Bertz CT molecular complexity index is 920. The van der Waals surface area contributed by atoms with Gasteiger partial charge in [-0.05, 0) is 58.6 Å². The van der Waals surface area contributed by atoms with E-state index in [-0.39, 0.29) is 12.1 Å². The van der Waals surface area contributed by atoms with Crippen LogP contribution in [0.4, 0.5) is 4.79 Å². The van der Waals surface area contributed by atoms with Gasteiger partial charge in [0, 0.05) is 6.04 Å². The molecule has 1 aliphatic carbocycles. The number of hydrogen-bond donors (Lipinski definition) is 2. The van der Waals surface area contributed by atoms with Crippen molar-refractivity contribution in [2.45, 2.75) is 38.1 Å². The second kappa shape index (κ2) is 14.5. The lowest BCUT2D eigenvalue weighted by Crippen LogP contribution is -2.41. The van der Waals surface area contributed by atoms with Crippen LogP contribution in [0.15, 0.2) is 52.0 Å². The summed E-state index contributed by atoms with van der Waals surface area (Å²) in [5.74, 6) is 1.95. The first-order valence-corrected chi connectivity index (χ1v) is 12.3. The Balaban J connectivity index is 1.39. The van der Waals surface area contributed by atoms with Crippen molar-refractivity contribution in [3.05, 3.63) is 52.5 Å². The van der Waals surface area contributed by atoms with Crippen molar-refractivity contribution in [1.82, 2.24) is 10.7 Å². The molecule has 0 radical (unpaired) electrons. The van der Waals surface area contributed by atoms with E-state index in [0.717, 1.165) is 37.0 Å². The molecule has 1 fully saturated rings. The molecule has 2 amide bonds. The molecule has 2 aromatic rings. The third-order valence-corrected chi connectivity index (χ3v) is 5.87. The first-order chi connectivity index (χ1) is 16.7. The van der Waals surface area contributed by atoms with Crippen molar-refractivity contribution in [1.29, 1.82) is 0 Å². The van der Waals surface area contributed by atoms with E-state index < -0.39 is 0 Å². The normalized spacial score (nSPS) is 14.1. The number of carbonyl (C=O) groups excluding carboxylic acids is 1. The summed E-state index contributed by atoms with van der Waals surface area (Å²) in [5.41, 5.74) is 3.28. The van der Waals surface area contributed by atoms with E-state index in [1.54, 1.807) is 19.4 Å². The zero-order valence-corrected chi connectivity index (χ0v) is 21.0. The summed E-state index contributed by atoms with van der Waals surface area (Å²) in [6, 6.07) is 13.2. The van der Waals surface area contributed by atoms with Crippen molar-refractivity contribution in [3.8, 4) is 17.2 Å². The van der Waals surface area contributed by atoms with Gasteiger partial charge in [0.2, 0.25) is 0 Å². The Morgan fingerprint density at radius 3 is 2.53 bits per heavy atom. The molecule has 1 saturated carbocycles. The fourth-order valence-corrected chi connectivity index (χ4v) is 4.20. The number of urea groups is 1. The Kier molecular flexibility index (Phi) is 11.0. The van der Waals surface area contributed by atoms with E-state index in [1.165, 1.54) is 6.42 Å². The molecule has 0 aliphatic heterocycles. The van der Waals surface area contributed by atoms with Gasteiger partial charge in [-0.2, -0.15) is 5.10 Å². The molecule has 0 unspecified atom stereocenters. The number of halogens is 1. The molecule has 0 aromatic heterocycles. The molecule has 0 atom stereocenters. The molecule has 0 heterocycles. The van der Waals surface area contributed by atoms with Crippen molar-refractivity contribution in [3.63, 3.8) is 0 Å². The molecule has 1 aliphatic rings. The molecule has 9 heteroatoms. The van der Waals surface area contributed by atoms with E-state index >= 15 is 0 Å². The number of hydrogen-bond acceptors (Lipinski definition) is 6. The molecule has 0 saturated heterocycles. The van der Waals surface area contributed by atoms with Crippen LogP contribution in [-0.4, -0.2) is 51.8 Å². The summed E-state index contributed by atoms with van der Waals surface area (Å²) in [5, 5.41) is 7.00. The first kappa shape index (κ1) is 25.8. The summed E-state index contributed by atoms with van der Waals surface area (Å²) in [6.07, 6.45) is 7.17. The van der Waals surface area contributed by atoms with Crippen LogP contribution >= 0.6 is 15.9 Å². The van der Waals surface area contributed by atoms with Crippen LogP contribution in [0.1, 0.15) is 37.7 Å². The fourth-order valence-electron chi connectivity index (χ4n) is 3.62. The highest BCUT2D eigenvalue weighted by Gasteiger charge is 2.15. The van der Waals surface area contributed by atoms with Crippen molar-refractivity contribution in [2.24, 2.45) is 5.10 Å². The molecular formula is C25H32BrN3O5. The topological polar surface area (TPSA) is 90.4 Å². The van der Waals surface area contributed by atoms with Gasteiger partial charge in [-0.25, -0.2) is 10.2 Å². The minimum Gasteiger partial charge on any atom is -0.493 e. The number of benzene rings is 2. The third kappa shape index (κ3) is 8.87. The second-order valence-corrected chi connectivity index (χ2v) is 8.69. The van der Waals surface area contributed by atoms with Gasteiger partial charge in [0.15, 0.2) is 11.5 Å². The number of amides is 2. The highest BCUT2D eigenvalue weighted by atomic mass is 79.9. The molecule has 3 rings (SSSR count). The zero-order valence-electron chi connectivity index (χ0n) is 19.4. The van der Waals surface area contributed by atoms with Gasteiger partial charge in [0.25, 0.3) is 0 Å². The lowest BCUT2D eigenvalue weighted by Gasteiger charge is -2.22. The number of hydrazone groups is 1. The van der Waals surface area contributed by atoms with Crippen LogP contribution < -0.4 is 25.0 Å². The molecule has 8 nitrogen and oxygen atoms in total. The van der Waals surface area contributed by atoms with Gasteiger partial charge in [-0.1, -0.05) is 37.5 Å². The van der Waals surface area contributed by atoms with E-state index in [2.05, 4.69) is 31.8 Å². The van der Waals surface area contributed by atoms with Crippen LogP contribution in [0.25, 0.3) is 0 Å². The highest BCUT2D eigenvalue weighted by Crippen LogP contribution is 2.36.